The van der Waals surface area contributed by atoms with Crippen LogP contribution in [-0.2, 0) is 0 Å². The maximum absolute atomic E-state index is 12.6. The highest BCUT2D eigenvalue weighted by Gasteiger charge is 2.39. The van der Waals surface area contributed by atoms with Gasteiger partial charge in [-0.1, -0.05) is 0 Å². The van der Waals surface area contributed by atoms with Gasteiger partial charge in [0, 0.05) is 16.6 Å². The van der Waals surface area contributed by atoms with Crippen LogP contribution < -0.4 is 11.1 Å². The van der Waals surface area contributed by atoms with Crippen molar-refractivity contribution in [3.63, 3.8) is 0 Å². The summed E-state index contributed by atoms with van der Waals surface area (Å²) in [5, 5.41) is 4.05. The van der Waals surface area contributed by atoms with E-state index in [2.05, 4.69) is 24.1 Å². The topological polar surface area (TPSA) is 68.0 Å². The van der Waals surface area contributed by atoms with Gasteiger partial charge in [-0.2, -0.15) is 0 Å². The number of nitrogens with one attached hydrogen (secondary N) is 1. The number of thiophene rings is 1. The van der Waals surface area contributed by atoms with Crippen LogP contribution in [0.4, 0.5) is 5.69 Å². The van der Waals surface area contributed by atoms with E-state index >= 15 is 0 Å². The summed E-state index contributed by atoms with van der Waals surface area (Å²) in [7, 11) is 0. The summed E-state index contributed by atoms with van der Waals surface area (Å²) in [6.07, 6.45) is 2.38. The van der Waals surface area contributed by atoms with E-state index in [-0.39, 0.29) is 11.4 Å². The number of aromatic nitrogens is 1. The van der Waals surface area contributed by atoms with Crippen molar-refractivity contribution in [2.75, 3.05) is 5.73 Å². The lowest BCUT2D eigenvalue weighted by molar-refractivity contribution is 0.0908. The number of aryl methyl sites for hydroxylation is 2. The van der Waals surface area contributed by atoms with Crippen molar-refractivity contribution in [3.8, 4) is 0 Å². The molecule has 1 aliphatic carbocycles. The maximum atomic E-state index is 12.6. The lowest BCUT2D eigenvalue weighted by Crippen LogP contribution is -2.45. The van der Waals surface area contributed by atoms with E-state index in [9.17, 15) is 4.79 Å². The van der Waals surface area contributed by atoms with E-state index in [1.165, 1.54) is 24.2 Å². The first-order valence-corrected chi connectivity index (χ1v) is 8.10. The van der Waals surface area contributed by atoms with Gasteiger partial charge in [0.25, 0.3) is 5.91 Å². The molecular formula is C16H21N3OS. The average molecular weight is 303 g/mol. The summed E-state index contributed by atoms with van der Waals surface area (Å²) in [5.74, 6) is 0.503. The number of nitrogens with zero attached hydrogens (tertiary/aromatic N) is 1. The monoisotopic (exact) mass is 303 g/mol. The molecule has 0 aliphatic heterocycles. The lowest BCUT2D eigenvalue weighted by atomic mass is 9.98. The molecule has 3 N–H and O–H groups in total. The van der Waals surface area contributed by atoms with Gasteiger partial charge < -0.3 is 11.1 Å². The molecule has 21 heavy (non-hydrogen) atoms. The third kappa shape index (κ3) is 2.50. The Bertz CT molecular complexity index is 729. The van der Waals surface area contributed by atoms with Gasteiger partial charge in [0.1, 0.15) is 9.71 Å². The molecule has 1 aliphatic rings. The predicted octanol–water partition coefficient (Wildman–Crippen LogP) is 3.41. The molecule has 0 saturated heterocycles. The normalized spacial score (nSPS) is 15.4. The van der Waals surface area contributed by atoms with Crippen molar-refractivity contribution in [1.82, 2.24) is 10.3 Å². The Morgan fingerprint density at radius 3 is 2.71 bits per heavy atom. The molecule has 0 radical (unpaired) electrons. The molecule has 0 unspecified atom stereocenters. The van der Waals surface area contributed by atoms with Gasteiger partial charge in [0.2, 0.25) is 0 Å². The van der Waals surface area contributed by atoms with Gasteiger partial charge in [-0.3, -0.25) is 4.79 Å². The molecule has 1 amide bonds. The summed E-state index contributed by atoms with van der Waals surface area (Å²) in [6, 6.07) is 2.00. The smallest absolute Gasteiger partial charge is 0.263 e. The number of carbonyl (C=O) groups excluding carboxylic acids is 1. The Kier molecular flexibility index (Phi) is 3.20. The summed E-state index contributed by atoms with van der Waals surface area (Å²) in [5.41, 5.74) is 8.63. The van der Waals surface area contributed by atoms with Crippen molar-refractivity contribution < 1.29 is 4.79 Å². The van der Waals surface area contributed by atoms with Gasteiger partial charge in [-0.15, -0.1) is 11.3 Å². The fourth-order valence-corrected chi connectivity index (χ4v) is 4.01. The molecule has 2 heterocycles. The molecule has 0 atom stereocenters. The first-order valence-electron chi connectivity index (χ1n) is 7.28. The number of fused-ring (bicyclic) bond motifs is 1. The third-order valence-electron chi connectivity index (χ3n) is 4.26. The zero-order valence-corrected chi connectivity index (χ0v) is 13.7. The van der Waals surface area contributed by atoms with Gasteiger partial charge in [-0.25, -0.2) is 4.98 Å². The van der Waals surface area contributed by atoms with Crippen LogP contribution in [0.1, 0.15) is 47.6 Å². The molecule has 1 saturated carbocycles. The van der Waals surface area contributed by atoms with E-state index < -0.39 is 0 Å². The largest absolute Gasteiger partial charge is 0.397 e. The molecule has 0 aromatic carbocycles. The Labute approximate surface area is 128 Å². The van der Waals surface area contributed by atoms with Gasteiger partial charge in [-0.05, 0) is 58.1 Å². The zero-order chi connectivity index (χ0) is 15.4. The zero-order valence-electron chi connectivity index (χ0n) is 12.9. The SMILES string of the molecule is Cc1cc(C)c2c(N)c(C(=O)NC(C)(C)C3CC3)sc2n1. The molecular weight excluding hydrogens is 282 g/mol. The van der Waals surface area contributed by atoms with Crippen LogP contribution in [0, 0.1) is 19.8 Å². The highest BCUT2D eigenvalue weighted by Crippen LogP contribution is 2.40. The predicted molar refractivity (Wildman–Crippen MR) is 87.8 cm³/mol. The maximum Gasteiger partial charge on any atom is 0.263 e. The first-order chi connectivity index (χ1) is 9.79. The number of hydrogen-bond acceptors (Lipinski definition) is 4. The molecule has 2 aromatic heterocycles. The number of pyridine rings is 1. The van der Waals surface area contributed by atoms with Crippen LogP contribution in [0.2, 0.25) is 0 Å². The van der Waals surface area contributed by atoms with Crippen LogP contribution in [0.3, 0.4) is 0 Å². The van der Waals surface area contributed by atoms with Crippen molar-refractivity contribution in [2.45, 2.75) is 46.1 Å². The molecule has 0 spiro atoms. The number of amides is 1. The minimum absolute atomic E-state index is 0.0792. The van der Waals surface area contributed by atoms with Crippen LogP contribution >= 0.6 is 11.3 Å². The van der Waals surface area contributed by atoms with Crippen molar-refractivity contribution in [2.24, 2.45) is 5.92 Å². The van der Waals surface area contributed by atoms with Gasteiger partial charge in [0.15, 0.2) is 0 Å². The molecule has 5 heteroatoms. The van der Waals surface area contributed by atoms with E-state index in [1.807, 2.05) is 19.9 Å². The second-order valence-electron chi connectivity index (χ2n) is 6.56. The highest BCUT2D eigenvalue weighted by molar-refractivity contribution is 7.21. The number of carbonyl (C=O) groups is 1. The Hall–Kier alpha value is -1.62. The molecule has 2 aromatic rings. The first kappa shape index (κ1) is 14.3. The summed E-state index contributed by atoms with van der Waals surface area (Å²) in [6.45, 7) is 8.13. The number of hydrogen-bond donors (Lipinski definition) is 2. The van der Waals surface area contributed by atoms with Crippen molar-refractivity contribution in [1.29, 1.82) is 0 Å². The standard InChI is InChI=1S/C16H21N3OS/c1-8-7-9(2)18-15-11(8)12(17)13(21-15)14(20)19-16(3,4)10-5-6-10/h7,10H,5-6,17H2,1-4H3,(H,19,20). The Balaban J connectivity index is 1.98. The van der Waals surface area contributed by atoms with Crippen LogP contribution in [0.25, 0.3) is 10.2 Å². The van der Waals surface area contributed by atoms with E-state index in [0.717, 1.165) is 21.5 Å². The summed E-state index contributed by atoms with van der Waals surface area (Å²) >= 11 is 1.38. The van der Waals surface area contributed by atoms with Crippen molar-refractivity contribution in [3.05, 3.63) is 22.2 Å². The number of nitrogen functional groups attached to an aromatic ring is 1. The molecule has 4 nitrogen and oxygen atoms in total. The lowest BCUT2D eigenvalue weighted by Gasteiger charge is -2.25. The second kappa shape index (κ2) is 4.70. The highest BCUT2D eigenvalue weighted by atomic mass is 32.1. The van der Waals surface area contributed by atoms with Crippen LogP contribution in [0.15, 0.2) is 6.07 Å². The Morgan fingerprint density at radius 2 is 2.10 bits per heavy atom. The fraction of sp³-hybridized carbons (Fsp3) is 0.500. The quantitative estimate of drug-likeness (QED) is 0.913. The average Bonchev–Trinajstić information content (AvgIpc) is 3.14. The van der Waals surface area contributed by atoms with Crippen LogP contribution in [-0.4, -0.2) is 16.4 Å². The Morgan fingerprint density at radius 1 is 1.43 bits per heavy atom. The van der Waals surface area contributed by atoms with Crippen molar-refractivity contribution >= 4 is 33.1 Å². The van der Waals surface area contributed by atoms with E-state index in [4.69, 9.17) is 5.73 Å². The minimum atomic E-state index is -0.169. The van der Waals surface area contributed by atoms with E-state index in [0.29, 0.717) is 16.5 Å². The third-order valence-corrected chi connectivity index (χ3v) is 5.36. The van der Waals surface area contributed by atoms with Crippen LogP contribution in [0.5, 0.6) is 0 Å². The molecule has 1 fully saturated rings. The fourth-order valence-electron chi connectivity index (χ4n) is 2.89. The molecule has 0 bridgehead atoms. The molecule has 112 valence electrons. The number of anilines is 1. The van der Waals surface area contributed by atoms with Gasteiger partial charge in [0.05, 0.1) is 5.69 Å². The summed E-state index contributed by atoms with van der Waals surface area (Å²) < 4.78 is 0. The number of rotatable bonds is 3. The minimum Gasteiger partial charge on any atom is -0.397 e. The second-order valence-corrected chi connectivity index (χ2v) is 7.55. The van der Waals surface area contributed by atoms with E-state index in [1.54, 1.807) is 0 Å². The molecule has 3 rings (SSSR count). The summed E-state index contributed by atoms with van der Waals surface area (Å²) in [4.78, 5) is 18.5. The number of nitrogens with two attached hydrogens (primary N) is 1. The van der Waals surface area contributed by atoms with Gasteiger partial charge >= 0.3 is 0 Å².